The topological polar surface area (TPSA) is 79.8 Å². The molecular weight excluding hydrogens is 362 g/mol. The van der Waals surface area contributed by atoms with Gasteiger partial charge in [0.2, 0.25) is 5.91 Å². The second kappa shape index (κ2) is 9.03. The summed E-state index contributed by atoms with van der Waals surface area (Å²) in [6.07, 6.45) is 6.94. The Morgan fingerprint density at radius 2 is 1.69 bits per heavy atom. The number of carbonyl (C=O) groups excluding carboxylic acids is 1. The van der Waals surface area contributed by atoms with E-state index in [1.165, 1.54) is 0 Å². The van der Waals surface area contributed by atoms with Crippen molar-refractivity contribution in [1.29, 1.82) is 0 Å². The predicted octanol–water partition coefficient (Wildman–Crippen LogP) is 3.17. The normalized spacial score (nSPS) is 11.9. The van der Waals surface area contributed by atoms with Crippen LogP contribution < -0.4 is 10.6 Å². The van der Waals surface area contributed by atoms with Gasteiger partial charge in [-0.15, -0.1) is 0 Å². The highest BCUT2D eigenvalue weighted by Crippen LogP contribution is 2.18. The molecule has 4 rings (SSSR count). The maximum atomic E-state index is 13.0. The van der Waals surface area contributed by atoms with Crippen molar-refractivity contribution in [3.8, 4) is 0 Å². The van der Waals surface area contributed by atoms with Gasteiger partial charge in [0, 0.05) is 43.3 Å². The summed E-state index contributed by atoms with van der Waals surface area (Å²) in [7, 11) is 0. The van der Waals surface area contributed by atoms with Crippen molar-refractivity contribution in [2.75, 3.05) is 0 Å². The van der Waals surface area contributed by atoms with Crippen molar-refractivity contribution in [2.24, 2.45) is 0 Å². The van der Waals surface area contributed by atoms with Gasteiger partial charge >= 0.3 is 0 Å². The summed E-state index contributed by atoms with van der Waals surface area (Å²) in [6, 6.07) is 18.8. The summed E-state index contributed by atoms with van der Waals surface area (Å²) in [4.78, 5) is 25.9. The van der Waals surface area contributed by atoms with Crippen molar-refractivity contribution in [3.63, 3.8) is 0 Å². The fraction of sp³-hybridized carbons (Fsp3) is 0.130. The monoisotopic (exact) mass is 383 g/mol. The molecule has 0 saturated heterocycles. The van der Waals surface area contributed by atoms with Crippen LogP contribution in [-0.4, -0.2) is 20.9 Å². The molecule has 0 radical (unpaired) electrons. The highest BCUT2D eigenvalue weighted by molar-refractivity contribution is 5.84. The minimum absolute atomic E-state index is 0.131. The van der Waals surface area contributed by atoms with Crippen LogP contribution in [0.15, 0.2) is 85.5 Å². The zero-order valence-corrected chi connectivity index (χ0v) is 15.8. The quantitative estimate of drug-likeness (QED) is 0.512. The van der Waals surface area contributed by atoms with E-state index in [-0.39, 0.29) is 5.91 Å². The fourth-order valence-corrected chi connectivity index (χ4v) is 3.09. The van der Waals surface area contributed by atoms with Gasteiger partial charge in [0.15, 0.2) is 0 Å². The number of amides is 1. The van der Waals surface area contributed by atoms with Crippen molar-refractivity contribution in [3.05, 3.63) is 102 Å². The van der Waals surface area contributed by atoms with Gasteiger partial charge in [-0.25, -0.2) is 0 Å². The first-order chi connectivity index (χ1) is 14.3. The van der Waals surface area contributed by atoms with Gasteiger partial charge in [0.25, 0.3) is 0 Å². The number of aromatic nitrogens is 3. The van der Waals surface area contributed by atoms with Crippen LogP contribution in [0.2, 0.25) is 0 Å². The summed E-state index contributed by atoms with van der Waals surface area (Å²) in [5.74, 6) is -0.131. The standard InChI is InChI=1S/C23H21N5O/c29-23(27-15-17-9-12-24-13-10-17)22(26-16-18-4-3-11-25-14-18)21-8-7-19-5-1-2-6-20(19)28-21/h1-14,22,26H,15-16H2,(H,27,29). The smallest absolute Gasteiger partial charge is 0.243 e. The lowest BCUT2D eigenvalue weighted by molar-refractivity contribution is -0.123. The van der Waals surface area contributed by atoms with Gasteiger partial charge < -0.3 is 5.32 Å². The van der Waals surface area contributed by atoms with E-state index >= 15 is 0 Å². The third-order valence-electron chi connectivity index (χ3n) is 4.63. The van der Waals surface area contributed by atoms with Gasteiger partial charge in [-0.05, 0) is 41.5 Å². The fourth-order valence-electron chi connectivity index (χ4n) is 3.09. The van der Waals surface area contributed by atoms with Crippen LogP contribution in [0.25, 0.3) is 10.9 Å². The first kappa shape index (κ1) is 18.7. The zero-order chi connectivity index (χ0) is 19.9. The number of benzene rings is 1. The molecule has 3 heterocycles. The third kappa shape index (κ3) is 4.80. The number of pyridine rings is 3. The van der Waals surface area contributed by atoms with Crippen LogP contribution >= 0.6 is 0 Å². The highest BCUT2D eigenvalue weighted by atomic mass is 16.2. The number of para-hydroxylation sites is 1. The van der Waals surface area contributed by atoms with Crippen molar-refractivity contribution < 1.29 is 4.79 Å². The SMILES string of the molecule is O=C(NCc1ccncc1)C(NCc1cccnc1)c1ccc2ccccc2n1. The van der Waals surface area contributed by atoms with Gasteiger partial charge in [-0.2, -0.15) is 0 Å². The molecule has 0 saturated carbocycles. The summed E-state index contributed by atoms with van der Waals surface area (Å²) in [6.45, 7) is 0.940. The molecule has 1 unspecified atom stereocenters. The van der Waals surface area contributed by atoms with Crippen LogP contribution in [0, 0.1) is 0 Å². The van der Waals surface area contributed by atoms with Gasteiger partial charge in [-0.1, -0.05) is 30.3 Å². The first-order valence-electron chi connectivity index (χ1n) is 9.44. The second-order valence-corrected chi connectivity index (χ2v) is 6.68. The number of nitrogens with one attached hydrogen (secondary N) is 2. The molecule has 29 heavy (non-hydrogen) atoms. The second-order valence-electron chi connectivity index (χ2n) is 6.68. The van der Waals surface area contributed by atoms with E-state index in [1.807, 2.05) is 60.7 Å². The van der Waals surface area contributed by atoms with E-state index in [0.29, 0.717) is 18.8 Å². The van der Waals surface area contributed by atoms with Crippen molar-refractivity contribution in [2.45, 2.75) is 19.1 Å². The Labute approximate surface area is 169 Å². The summed E-state index contributed by atoms with van der Waals surface area (Å²) < 4.78 is 0. The summed E-state index contributed by atoms with van der Waals surface area (Å²) >= 11 is 0. The Kier molecular flexibility index (Phi) is 5.83. The van der Waals surface area contributed by atoms with Crippen LogP contribution in [0.4, 0.5) is 0 Å². The van der Waals surface area contributed by atoms with Crippen LogP contribution in [-0.2, 0) is 17.9 Å². The van der Waals surface area contributed by atoms with Gasteiger partial charge in [0.05, 0.1) is 11.2 Å². The number of rotatable bonds is 7. The molecule has 0 aliphatic rings. The Bertz CT molecular complexity index is 1090. The molecule has 1 aromatic carbocycles. The Hall–Kier alpha value is -3.64. The summed E-state index contributed by atoms with van der Waals surface area (Å²) in [5, 5.41) is 7.36. The van der Waals surface area contributed by atoms with Gasteiger partial charge in [-0.3, -0.25) is 25.1 Å². The molecule has 4 aromatic rings. The van der Waals surface area contributed by atoms with E-state index in [1.54, 1.807) is 24.8 Å². The van der Waals surface area contributed by atoms with E-state index < -0.39 is 6.04 Å². The molecule has 0 aliphatic carbocycles. The predicted molar refractivity (Wildman–Crippen MR) is 112 cm³/mol. The molecule has 6 nitrogen and oxygen atoms in total. The molecule has 0 spiro atoms. The van der Waals surface area contributed by atoms with E-state index in [2.05, 4.69) is 20.6 Å². The van der Waals surface area contributed by atoms with E-state index in [0.717, 1.165) is 22.0 Å². The van der Waals surface area contributed by atoms with Crippen LogP contribution in [0.5, 0.6) is 0 Å². The number of hydrogen-bond acceptors (Lipinski definition) is 5. The zero-order valence-electron chi connectivity index (χ0n) is 15.8. The van der Waals surface area contributed by atoms with Crippen molar-refractivity contribution in [1.82, 2.24) is 25.6 Å². The largest absolute Gasteiger partial charge is 0.350 e. The molecule has 2 N–H and O–H groups in total. The lowest BCUT2D eigenvalue weighted by atomic mass is 10.1. The Balaban J connectivity index is 1.55. The average molecular weight is 383 g/mol. The minimum atomic E-state index is -0.582. The molecule has 1 amide bonds. The highest BCUT2D eigenvalue weighted by Gasteiger charge is 2.21. The third-order valence-corrected chi connectivity index (χ3v) is 4.63. The number of nitrogens with zero attached hydrogens (tertiary/aromatic N) is 3. The number of hydrogen-bond donors (Lipinski definition) is 2. The molecule has 3 aromatic heterocycles. The first-order valence-corrected chi connectivity index (χ1v) is 9.44. The summed E-state index contributed by atoms with van der Waals surface area (Å²) in [5.41, 5.74) is 3.53. The van der Waals surface area contributed by atoms with Crippen molar-refractivity contribution >= 4 is 16.8 Å². The molecule has 0 bridgehead atoms. The molecule has 1 atom stereocenters. The van der Waals surface area contributed by atoms with Gasteiger partial charge in [0.1, 0.15) is 6.04 Å². The number of carbonyl (C=O) groups is 1. The number of fused-ring (bicyclic) bond motifs is 1. The maximum absolute atomic E-state index is 13.0. The Morgan fingerprint density at radius 1 is 0.828 bits per heavy atom. The lowest BCUT2D eigenvalue weighted by Crippen LogP contribution is -2.37. The molecule has 0 aliphatic heterocycles. The van der Waals surface area contributed by atoms with Crippen LogP contribution in [0.1, 0.15) is 22.9 Å². The molecule has 6 heteroatoms. The average Bonchev–Trinajstić information content (AvgIpc) is 2.79. The van der Waals surface area contributed by atoms with E-state index in [9.17, 15) is 4.79 Å². The lowest BCUT2D eigenvalue weighted by Gasteiger charge is -2.19. The van der Waals surface area contributed by atoms with Crippen LogP contribution in [0.3, 0.4) is 0 Å². The van der Waals surface area contributed by atoms with E-state index in [4.69, 9.17) is 4.98 Å². The Morgan fingerprint density at radius 3 is 2.52 bits per heavy atom. The molecular formula is C23H21N5O. The molecule has 0 fully saturated rings. The molecule has 144 valence electrons. The minimum Gasteiger partial charge on any atom is -0.350 e. The maximum Gasteiger partial charge on any atom is 0.243 e.